The molecule has 9 heteroatoms. The molecular weight excluding hydrogens is 389 g/mol. The third kappa shape index (κ3) is 7.03. The molecule has 0 N–H and O–H groups in total. The van der Waals surface area contributed by atoms with Crippen molar-refractivity contribution in [3.63, 3.8) is 0 Å². The van der Waals surface area contributed by atoms with Gasteiger partial charge in [0.15, 0.2) is 0 Å². The van der Waals surface area contributed by atoms with Crippen molar-refractivity contribution < 1.29 is 30.0 Å². The number of ketones is 1. The summed E-state index contributed by atoms with van der Waals surface area (Å²) in [7, 11) is -8.38. The van der Waals surface area contributed by atoms with Crippen molar-refractivity contribution >= 4 is 26.2 Å². The molecule has 1 rings (SSSR count). The minimum Gasteiger partial charge on any atom is -0.298 e. The van der Waals surface area contributed by atoms with E-state index < -0.39 is 25.9 Å². The Hall–Kier alpha value is -0.280. The predicted octanol–water partition coefficient (Wildman–Crippen LogP) is 5.32. The highest BCUT2D eigenvalue weighted by Crippen LogP contribution is 2.54. The molecule has 1 aliphatic rings. The molecule has 0 radical (unpaired) electrons. The molecule has 4 nitrogen and oxygen atoms in total. The van der Waals surface area contributed by atoms with E-state index in [-0.39, 0.29) is 29.0 Å². The van der Waals surface area contributed by atoms with E-state index in [1.54, 1.807) is 0 Å². The standard InChI is InChI=1S/C17H31F3O4S2/c1-3-5-12-25(13-6-4-2,24-26(22,23)17(18,19)20)14-16(21)15-10-8-7-9-11-15/h15H,3-14H2,1-2H3. The number of carbonyl (C=O) groups is 1. The number of Topliss-reactive ketones (excluding diaryl/α,β-unsaturated/α-hetero) is 1. The van der Waals surface area contributed by atoms with Crippen molar-refractivity contribution in [1.29, 1.82) is 0 Å². The van der Waals surface area contributed by atoms with Crippen LogP contribution in [0, 0.1) is 5.92 Å². The van der Waals surface area contributed by atoms with Gasteiger partial charge in [0, 0.05) is 17.4 Å². The van der Waals surface area contributed by atoms with Crippen LogP contribution in [0.4, 0.5) is 13.2 Å². The van der Waals surface area contributed by atoms with Crippen LogP contribution in [0.1, 0.15) is 71.6 Å². The molecule has 0 unspecified atom stereocenters. The zero-order chi connectivity index (χ0) is 19.8. The average molecular weight is 421 g/mol. The van der Waals surface area contributed by atoms with E-state index in [1.807, 2.05) is 13.8 Å². The first kappa shape index (κ1) is 23.8. The van der Waals surface area contributed by atoms with Crippen LogP contribution < -0.4 is 0 Å². The number of rotatable bonds is 11. The van der Waals surface area contributed by atoms with Gasteiger partial charge in [-0.25, -0.2) is 3.63 Å². The fourth-order valence-electron chi connectivity index (χ4n) is 3.18. The smallest absolute Gasteiger partial charge is 0.298 e. The van der Waals surface area contributed by atoms with E-state index in [1.165, 1.54) is 0 Å². The fraction of sp³-hybridized carbons (Fsp3) is 0.941. The summed E-state index contributed by atoms with van der Waals surface area (Å²) in [6, 6.07) is 0. The molecule has 0 aromatic heterocycles. The molecule has 1 aliphatic carbocycles. The Morgan fingerprint density at radius 1 is 1.00 bits per heavy atom. The number of unbranched alkanes of at least 4 members (excludes halogenated alkanes) is 2. The highest BCUT2D eigenvalue weighted by atomic mass is 32.3. The molecule has 0 saturated heterocycles. The zero-order valence-corrected chi connectivity index (χ0v) is 17.3. The first-order chi connectivity index (χ1) is 12.1. The maximum atomic E-state index is 12.9. The van der Waals surface area contributed by atoms with Crippen molar-refractivity contribution in [2.45, 2.75) is 77.1 Å². The normalized spacial score (nSPS) is 18.0. The van der Waals surface area contributed by atoms with Crippen LogP contribution in [-0.2, 0) is 18.5 Å². The lowest BCUT2D eigenvalue weighted by Crippen LogP contribution is -2.33. The minimum atomic E-state index is -5.71. The highest BCUT2D eigenvalue weighted by Gasteiger charge is 2.51. The molecule has 156 valence electrons. The average Bonchev–Trinajstić information content (AvgIpc) is 2.57. The first-order valence-corrected chi connectivity index (χ1v) is 12.9. The zero-order valence-electron chi connectivity index (χ0n) is 15.6. The molecule has 1 fully saturated rings. The Morgan fingerprint density at radius 3 is 1.92 bits per heavy atom. The third-order valence-corrected chi connectivity index (χ3v) is 10.0. The van der Waals surface area contributed by atoms with Gasteiger partial charge < -0.3 is 0 Å². The molecule has 0 heterocycles. The van der Waals surface area contributed by atoms with Gasteiger partial charge in [-0.05, 0) is 25.7 Å². The van der Waals surface area contributed by atoms with Crippen molar-refractivity contribution in [2.75, 3.05) is 17.3 Å². The monoisotopic (exact) mass is 420 g/mol. The van der Waals surface area contributed by atoms with Gasteiger partial charge in [-0.3, -0.25) is 4.79 Å². The lowest BCUT2D eigenvalue weighted by atomic mass is 9.87. The minimum absolute atomic E-state index is 0.121. The molecule has 0 aromatic carbocycles. The SMILES string of the molecule is CCCCS(CCCC)(CC(=O)C1CCCCC1)OS(=O)(=O)C(F)(F)F. The van der Waals surface area contributed by atoms with Crippen molar-refractivity contribution in [3.8, 4) is 0 Å². The maximum absolute atomic E-state index is 12.9. The molecule has 0 atom stereocenters. The largest absolute Gasteiger partial charge is 0.523 e. The number of hydrogen-bond donors (Lipinski definition) is 0. The number of hydrogen-bond acceptors (Lipinski definition) is 4. The highest BCUT2D eigenvalue weighted by molar-refractivity contribution is 8.33. The van der Waals surface area contributed by atoms with Crippen LogP contribution in [0.2, 0.25) is 0 Å². The van der Waals surface area contributed by atoms with Crippen LogP contribution in [0.25, 0.3) is 0 Å². The molecule has 0 amide bonds. The summed E-state index contributed by atoms with van der Waals surface area (Å²) in [4.78, 5) is 12.7. The van der Waals surface area contributed by atoms with Crippen LogP contribution in [-0.4, -0.2) is 37.0 Å². The van der Waals surface area contributed by atoms with Gasteiger partial charge in [-0.2, -0.15) is 21.6 Å². The first-order valence-electron chi connectivity index (χ1n) is 9.38. The lowest BCUT2D eigenvalue weighted by Gasteiger charge is -2.39. The summed E-state index contributed by atoms with van der Waals surface area (Å²) >= 11 is 0. The molecule has 0 bridgehead atoms. The summed E-state index contributed by atoms with van der Waals surface area (Å²) in [5.74, 6) is -0.0259. The van der Waals surface area contributed by atoms with Crippen LogP contribution in [0.15, 0.2) is 0 Å². The third-order valence-electron chi connectivity index (χ3n) is 4.72. The van der Waals surface area contributed by atoms with Crippen molar-refractivity contribution in [1.82, 2.24) is 0 Å². The molecule has 1 saturated carbocycles. The Morgan fingerprint density at radius 2 is 1.50 bits per heavy atom. The van der Waals surface area contributed by atoms with Crippen LogP contribution in [0.5, 0.6) is 0 Å². The van der Waals surface area contributed by atoms with Crippen LogP contribution >= 0.6 is 10.3 Å². The Bertz CT molecular complexity index is 533. The van der Waals surface area contributed by atoms with Crippen LogP contribution in [0.3, 0.4) is 0 Å². The van der Waals surface area contributed by atoms with Gasteiger partial charge >= 0.3 is 15.6 Å². The van der Waals surface area contributed by atoms with E-state index in [2.05, 4.69) is 0 Å². The van der Waals surface area contributed by atoms with Gasteiger partial charge in [0.2, 0.25) is 0 Å². The molecule has 0 spiro atoms. The quantitative estimate of drug-likeness (QED) is 0.424. The second kappa shape index (κ2) is 10.3. The van der Waals surface area contributed by atoms with Gasteiger partial charge in [-0.1, -0.05) is 46.0 Å². The maximum Gasteiger partial charge on any atom is 0.523 e. The topological polar surface area (TPSA) is 60.4 Å². The molecule has 0 aromatic rings. The summed E-state index contributed by atoms with van der Waals surface area (Å²) in [5.41, 5.74) is -5.46. The van der Waals surface area contributed by atoms with E-state index in [9.17, 15) is 26.4 Å². The second-order valence-electron chi connectivity index (χ2n) is 6.99. The fourth-order valence-corrected chi connectivity index (χ4v) is 8.63. The summed E-state index contributed by atoms with van der Waals surface area (Å²) < 4.78 is 67.0. The number of halogens is 3. The van der Waals surface area contributed by atoms with E-state index in [0.717, 1.165) is 32.1 Å². The Labute approximate surface area is 156 Å². The molecular formula is C17H31F3O4S2. The second-order valence-corrected chi connectivity index (χ2v) is 11.9. The summed E-state index contributed by atoms with van der Waals surface area (Å²) in [6.45, 7) is 3.76. The van der Waals surface area contributed by atoms with Gasteiger partial charge in [0.05, 0.1) is 5.75 Å². The Kier molecular flexibility index (Phi) is 9.43. The predicted molar refractivity (Wildman–Crippen MR) is 99.6 cm³/mol. The van der Waals surface area contributed by atoms with Crippen molar-refractivity contribution in [2.24, 2.45) is 5.92 Å². The van der Waals surface area contributed by atoms with Gasteiger partial charge in [0.1, 0.15) is 5.78 Å². The van der Waals surface area contributed by atoms with Crippen molar-refractivity contribution in [3.05, 3.63) is 0 Å². The van der Waals surface area contributed by atoms with Gasteiger partial charge in [-0.15, -0.1) is 10.3 Å². The Balaban J connectivity index is 3.08. The van der Waals surface area contributed by atoms with E-state index in [4.69, 9.17) is 3.63 Å². The molecule has 26 heavy (non-hydrogen) atoms. The lowest BCUT2D eigenvalue weighted by molar-refractivity contribution is -0.121. The summed E-state index contributed by atoms with van der Waals surface area (Å²) in [5, 5.41) is 0. The number of alkyl halides is 3. The molecule has 0 aliphatic heterocycles. The summed E-state index contributed by atoms with van der Waals surface area (Å²) in [6.07, 6.45) is 6.90. The van der Waals surface area contributed by atoms with E-state index in [0.29, 0.717) is 25.7 Å². The van der Waals surface area contributed by atoms with E-state index >= 15 is 0 Å². The van der Waals surface area contributed by atoms with Gasteiger partial charge in [0.25, 0.3) is 0 Å². The number of carbonyl (C=O) groups excluding carboxylic acids is 1.